The zero-order valence-corrected chi connectivity index (χ0v) is 19.2. The molecule has 31 heavy (non-hydrogen) atoms. The minimum absolute atomic E-state index is 0. The smallest absolute Gasteiger partial charge is 0.271 e. The van der Waals surface area contributed by atoms with Gasteiger partial charge >= 0.3 is 0 Å². The van der Waals surface area contributed by atoms with Crippen molar-refractivity contribution in [2.75, 3.05) is 19.6 Å². The highest BCUT2D eigenvalue weighted by Gasteiger charge is 2.42. The van der Waals surface area contributed by atoms with Crippen LogP contribution in [-0.4, -0.2) is 40.0 Å². The normalized spacial score (nSPS) is 21.1. The number of likely N-dealkylation sites (tertiary alicyclic amines) is 1. The summed E-state index contributed by atoms with van der Waals surface area (Å²) in [4.78, 5) is 19.4. The first-order chi connectivity index (χ1) is 14.7. The molecule has 1 aliphatic carbocycles. The van der Waals surface area contributed by atoms with E-state index >= 15 is 0 Å². The van der Waals surface area contributed by atoms with Crippen molar-refractivity contribution >= 4 is 5.91 Å². The highest BCUT2D eigenvalue weighted by Crippen LogP contribution is 2.48. The zero-order chi connectivity index (χ0) is 22.2. The van der Waals surface area contributed by atoms with Crippen molar-refractivity contribution in [1.82, 2.24) is 19.8 Å². The number of nitrogens with zero attached hydrogens (tertiary/aromatic N) is 3. The fraction of sp³-hybridized carbons (Fsp3) is 0.600. The van der Waals surface area contributed by atoms with Gasteiger partial charge < -0.3 is 14.8 Å². The zero-order valence-electron chi connectivity index (χ0n) is 19.2. The Morgan fingerprint density at radius 2 is 2.03 bits per heavy atom. The molecule has 4 rings (SSSR count). The summed E-state index contributed by atoms with van der Waals surface area (Å²) in [6.07, 6.45) is 8.48. The summed E-state index contributed by atoms with van der Waals surface area (Å²) >= 11 is 0. The first kappa shape index (κ1) is 22.0. The van der Waals surface area contributed by atoms with Gasteiger partial charge in [0.1, 0.15) is 11.5 Å². The number of imidazole rings is 1. The number of halogens is 1. The molecule has 0 bridgehead atoms. The Bertz CT molecular complexity index is 944. The molecule has 1 aromatic heterocycles. The second-order valence-electron chi connectivity index (χ2n) is 10.7. The molecule has 6 heteroatoms. The molecule has 2 aliphatic rings. The number of piperidine rings is 1. The first-order valence-electron chi connectivity index (χ1n) is 11.5. The van der Waals surface area contributed by atoms with Crippen molar-refractivity contribution in [3.05, 3.63) is 53.4 Å². The topological polar surface area (TPSA) is 50.2 Å². The van der Waals surface area contributed by atoms with Crippen LogP contribution in [0.25, 0.3) is 0 Å². The predicted molar refractivity (Wildman–Crippen MR) is 123 cm³/mol. The van der Waals surface area contributed by atoms with Crippen LogP contribution in [0, 0.1) is 11.2 Å². The van der Waals surface area contributed by atoms with E-state index in [1.165, 1.54) is 12.5 Å². The third-order valence-electron chi connectivity index (χ3n) is 7.11. The number of fused-ring (bicyclic) bond motifs is 2. The second kappa shape index (κ2) is 8.38. The lowest BCUT2D eigenvalue weighted by Crippen LogP contribution is -2.46. The molecule has 170 valence electrons. The maximum Gasteiger partial charge on any atom is 0.271 e. The van der Waals surface area contributed by atoms with Gasteiger partial charge in [-0.25, -0.2) is 9.37 Å². The van der Waals surface area contributed by atoms with Crippen molar-refractivity contribution in [3.63, 3.8) is 0 Å². The Hall–Kier alpha value is -2.21. The van der Waals surface area contributed by atoms with Gasteiger partial charge in [-0.2, -0.15) is 0 Å². The average molecular weight is 429 g/mol. The van der Waals surface area contributed by atoms with Crippen LogP contribution in [0.15, 0.2) is 30.7 Å². The van der Waals surface area contributed by atoms with Gasteiger partial charge in [0.2, 0.25) is 0 Å². The molecule has 0 radical (unpaired) electrons. The Balaban J connectivity index is 0.00000289. The van der Waals surface area contributed by atoms with Crippen molar-refractivity contribution in [2.45, 2.75) is 64.3 Å². The Morgan fingerprint density at radius 1 is 1.29 bits per heavy atom. The van der Waals surface area contributed by atoms with E-state index in [4.69, 9.17) is 0 Å². The van der Waals surface area contributed by atoms with Gasteiger partial charge in [0.25, 0.3) is 5.91 Å². The number of rotatable bonds is 4. The van der Waals surface area contributed by atoms with Gasteiger partial charge in [0.15, 0.2) is 0 Å². The third kappa shape index (κ3) is 4.84. The van der Waals surface area contributed by atoms with Crippen molar-refractivity contribution < 1.29 is 10.6 Å². The average Bonchev–Trinajstić information content (AvgIpc) is 3.16. The van der Waals surface area contributed by atoms with Crippen molar-refractivity contribution in [3.8, 4) is 0 Å². The number of nitrogens with one attached hydrogen (secondary N) is 1. The van der Waals surface area contributed by atoms with Crippen LogP contribution in [0.4, 0.5) is 4.39 Å². The van der Waals surface area contributed by atoms with Crippen LogP contribution in [0.3, 0.4) is 0 Å². The Labute approximate surface area is 186 Å². The molecule has 1 aliphatic heterocycles. The number of benzene rings is 1. The summed E-state index contributed by atoms with van der Waals surface area (Å²) in [5, 5.41) is 3.14. The van der Waals surface area contributed by atoms with Gasteiger partial charge in [-0.05, 0) is 85.8 Å². The fourth-order valence-corrected chi connectivity index (χ4v) is 5.13. The van der Waals surface area contributed by atoms with Crippen LogP contribution >= 0.6 is 0 Å². The van der Waals surface area contributed by atoms with Crippen LogP contribution in [-0.2, 0) is 12.5 Å². The molecule has 5 nitrogen and oxygen atoms in total. The summed E-state index contributed by atoms with van der Waals surface area (Å²) in [5.41, 5.74) is 2.94. The standard InChI is InChI=1S/C25H35FN4O.H2/c1-24(2,3)9-12-30-13-10-25(11-14-30)8-7-21(19-6-5-18(26)15-20(19)25)28-23(31)22-16-29(4)17-27-22;/h5-6,15-17,21H,7-14H2,1-4H3,(H,28,31);1H/t21-;/m1./s1. The summed E-state index contributed by atoms with van der Waals surface area (Å²) in [7, 11) is 1.85. The maximum atomic E-state index is 14.3. The highest BCUT2D eigenvalue weighted by molar-refractivity contribution is 5.92. The molecule has 0 unspecified atom stereocenters. The van der Waals surface area contributed by atoms with E-state index in [9.17, 15) is 9.18 Å². The number of aryl methyl sites for hydroxylation is 1. The number of carbonyl (C=O) groups is 1. The van der Waals surface area contributed by atoms with Crippen LogP contribution in [0.5, 0.6) is 0 Å². The lowest BCUT2D eigenvalue weighted by molar-refractivity contribution is 0.0909. The SMILES string of the molecule is Cn1cnc(C(=O)N[C@@H]2CCC3(CCN(CCC(C)(C)C)CC3)c3cc(F)ccc32)c1.[HH]. The lowest BCUT2D eigenvalue weighted by Gasteiger charge is -2.47. The molecule has 1 saturated heterocycles. The Morgan fingerprint density at radius 3 is 2.68 bits per heavy atom. The van der Waals surface area contributed by atoms with Crippen LogP contribution in [0.2, 0.25) is 0 Å². The molecule has 1 fully saturated rings. The molecular formula is C25H37FN4O. The van der Waals surface area contributed by atoms with Crippen LogP contribution < -0.4 is 5.32 Å². The predicted octanol–water partition coefficient (Wildman–Crippen LogP) is 4.84. The van der Waals surface area contributed by atoms with E-state index in [1.54, 1.807) is 23.2 Å². The number of carbonyl (C=O) groups excluding carboxylic acids is 1. The lowest BCUT2D eigenvalue weighted by atomic mass is 9.63. The first-order valence-corrected chi connectivity index (χ1v) is 11.5. The van der Waals surface area contributed by atoms with Gasteiger partial charge in [-0.1, -0.05) is 26.8 Å². The summed E-state index contributed by atoms with van der Waals surface area (Å²) in [5.74, 6) is -0.362. The van der Waals surface area contributed by atoms with E-state index in [1.807, 2.05) is 13.1 Å². The second-order valence-corrected chi connectivity index (χ2v) is 10.7. The minimum Gasteiger partial charge on any atom is -0.344 e. The van der Waals surface area contributed by atoms with E-state index in [0.29, 0.717) is 11.1 Å². The summed E-state index contributed by atoms with van der Waals surface area (Å²) in [6.45, 7) is 10.1. The number of hydrogen-bond acceptors (Lipinski definition) is 3. The van der Waals surface area contributed by atoms with Gasteiger partial charge in [-0.3, -0.25) is 4.79 Å². The van der Waals surface area contributed by atoms with E-state index in [-0.39, 0.29) is 24.6 Å². The Kier molecular flexibility index (Phi) is 5.95. The quantitative estimate of drug-likeness (QED) is 0.758. The largest absolute Gasteiger partial charge is 0.344 e. The molecule has 1 amide bonds. The molecule has 2 heterocycles. The number of amides is 1. The third-order valence-corrected chi connectivity index (χ3v) is 7.11. The van der Waals surface area contributed by atoms with E-state index in [2.05, 4.69) is 36.0 Å². The molecule has 0 saturated carbocycles. The molecule has 1 N–H and O–H groups in total. The summed E-state index contributed by atoms with van der Waals surface area (Å²) in [6, 6.07) is 5.02. The molecule has 1 aromatic carbocycles. The highest BCUT2D eigenvalue weighted by atomic mass is 19.1. The molecule has 1 spiro atoms. The molecular weight excluding hydrogens is 391 g/mol. The number of aromatic nitrogens is 2. The minimum atomic E-state index is -0.190. The summed E-state index contributed by atoms with van der Waals surface area (Å²) < 4.78 is 16.1. The van der Waals surface area contributed by atoms with Crippen molar-refractivity contribution in [1.29, 1.82) is 0 Å². The van der Waals surface area contributed by atoms with Gasteiger partial charge in [-0.15, -0.1) is 0 Å². The fourth-order valence-electron chi connectivity index (χ4n) is 5.13. The van der Waals surface area contributed by atoms with Gasteiger partial charge in [0, 0.05) is 14.7 Å². The van der Waals surface area contributed by atoms with Crippen LogP contribution in [0.1, 0.15) is 82.0 Å². The molecule has 2 aromatic rings. The maximum absolute atomic E-state index is 14.3. The van der Waals surface area contributed by atoms with E-state index < -0.39 is 0 Å². The molecule has 1 atom stereocenters. The van der Waals surface area contributed by atoms with Gasteiger partial charge in [0.05, 0.1) is 12.4 Å². The monoisotopic (exact) mass is 428 g/mol. The van der Waals surface area contributed by atoms with E-state index in [0.717, 1.165) is 56.4 Å². The van der Waals surface area contributed by atoms with Crippen molar-refractivity contribution in [2.24, 2.45) is 12.5 Å². The number of hydrogen-bond donors (Lipinski definition) is 1.